The van der Waals surface area contributed by atoms with Crippen molar-refractivity contribution in [3.63, 3.8) is 0 Å². The van der Waals surface area contributed by atoms with Gasteiger partial charge in [-0.3, -0.25) is 0 Å². The van der Waals surface area contributed by atoms with Crippen LogP contribution in [-0.4, -0.2) is 0 Å². The van der Waals surface area contributed by atoms with E-state index in [2.05, 4.69) is 49.1 Å². The van der Waals surface area contributed by atoms with Gasteiger partial charge in [0.2, 0.25) is 0 Å². The second kappa shape index (κ2) is 8.85. The van der Waals surface area contributed by atoms with E-state index in [9.17, 15) is 0 Å². The van der Waals surface area contributed by atoms with E-state index in [-0.39, 0.29) is 0 Å². The predicted molar refractivity (Wildman–Crippen MR) is 87.5 cm³/mol. The Morgan fingerprint density at radius 2 is 1.90 bits per heavy atom. The molecule has 1 aliphatic carbocycles. The molecule has 0 aliphatic heterocycles. The Hall–Kier alpha value is -1.22. The molecule has 20 heavy (non-hydrogen) atoms. The van der Waals surface area contributed by atoms with E-state index in [1.807, 2.05) is 0 Å². The van der Waals surface area contributed by atoms with E-state index in [4.69, 9.17) is 0 Å². The smallest absolute Gasteiger partial charge is 0.0234 e. The molecule has 1 aliphatic rings. The minimum Gasteiger partial charge on any atom is -0.103 e. The Balaban J connectivity index is 1.51. The third-order valence-electron chi connectivity index (χ3n) is 4.25. The summed E-state index contributed by atoms with van der Waals surface area (Å²) >= 11 is 0. The molecule has 1 saturated carbocycles. The average Bonchev–Trinajstić information content (AvgIpc) is 3.23. The largest absolute Gasteiger partial charge is 0.103 e. The van der Waals surface area contributed by atoms with Crippen molar-refractivity contribution in [2.24, 2.45) is 11.8 Å². The molecule has 0 bridgehead atoms. The van der Waals surface area contributed by atoms with Crippen molar-refractivity contribution in [1.82, 2.24) is 0 Å². The van der Waals surface area contributed by atoms with Crippen molar-refractivity contribution in [1.29, 1.82) is 0 Å². The highest BCUT2D eigenvalue weighted by molar-refractivity contribution is 5.16. The van der Waals surface area contributed by atoms with E-state index in [1.54, 1.807) is 0 Å². The normalized spacial score (nSPS) is 20.2. The summed E-state index contributed by atoms with van der Waals surface area (Å²) in [5.74, 6) is 8.57. The van der Waals surface area contributed by atoms with Crippen molar-refractivity contribution in [2.75, 3.05) is 0 Å². The molecular weight excluding hydrogens is 240 g/mol. The Kier molecular flexibility index (Phi) is 6.72. The molecule has 1 fully saturated rings. The van der Waals surface area contributed by atoms with Crippen LogP contribution in [0.3, 0.4) is 0 Å². The van der Waals surface area contributed by atoms with Gasteiger partial charge in [-0.15, -0.1) is 5.92 Å². The Labute approximate surface area is 125 Å². The quantitative estimate of drug-likeness (QED) is 0.424. The maximum absolute atomic E-state index is 3.48. The van der Waals surface area contributed by atoms with Crippen LogP contribution in [0.2, 0.25) is 0 Å². The maximum atomic E-state index is 3.48. The van der Waals surface area contributed by atoms with Gasteiger partial charge in [0.25, 0.3) is 0 Å². The summed E-state index contributed by atoms with van der Waals surface area (Å²) in [5, 5.41) is 0. The number of hydrogen-bond donors (Lipinski definition) is 0. The van der Waals surface area contributed by atoms with E-state index in [1.165, 1.54) is 56.9 Å². The van der Waals surface area contributed by atoms with E-state index in [0.717, 1.165) is 18.3 Å². The van der Waals surface area contributed by atoms with Crippen LogP contribution in [0, 0.1) is 23.7 Å². The zero-order chi connectivity index (χ0) is 14.0. The lowest BCUT2D eigenvalue weighted by Gasteiger charge is -1.97. The summed E-state index contributed by atoms with van der Waals surface area (Å²) in [6.07, 6.45) is 11.8. The molecule has 0 N–H and O–H groups in total. The monoisotopic (exact) mass is 268 g/mol. The van der Waals surface area contributed by atoms with E-state index in [0.29, 0.717) is 0 Å². The van der Waals surface area contributed by atoms with Gasteiger partial charge in [-0.05, 0) is 37.2 Å². The van der Waals surface area contributed by atoms with Crippen molar-refractivity contribution < 1.29 is 0 Å². The molecular formula is C20H28. The van der Waals surface area contributed by atoms with Gasteiger partial charge < -0.3 is 0 Å². The number of benzene rings is 1. The average molecular weight is 268 g/mol. The molecule has 0 heteroatoms. The van der Waals surface area contributed by atoms with Crippen LogP contribution >= 0.6 is 0 Å². The topological polar surface area (TPSA) is 0 Å². The Morgan fingerprint density at radius 1 is 1.05 bits per heavy atom. The van der Waals surface area contributed by atoms with Gasteiger partial charge in [-0.1, -0.05) is 68.9 Å². The second-order valence-corrected chi connectivity index (χ2v) is 6.11. The van der Waals surface area contributed by atoms with Crippen LogP contribution in [0.15, 0.2) is 30.3 Å². The molecule has 2 unspecified atom stereocenters. The first-order valence-corrected chi connectivity index (χ1v) is 8.42. The van der Waals surface area contributed by atoms with Gasteiger partial charge >= 0.3 is 0 Å². The van der Waals surface area contributed by atoms with E-state index < -0.39 is 0 Å². The van der Waals surface area contributed by atoms with Gasteiger partial charge in [0, 0.05) is 12.3 Å². The summed E-state index contributed by atoms with van der Waals surface area (Å²) in [7, 11) is 0. The minimum atomic E-state index is 0.744. The Bertz CT molecular complexity index is 420. The van der Waals surface area contributed by atoms with Crippen molar-refractivity contribution in [3.8, 4) is 11.8 Å². The van der Waals surface area contributed by atoms with Gasteiger partial charge in [0.1, 0.15) is 0 Å². The first-order valence-electron chi connectivity index (χ1n) is 8.42. The first kappa shape index (κ1) is 15.2. The summed E-state index contributed by atoms with van der Waals surface area (Å²) in [5.41, 5.74) is 1.44. The van der Waals surface area contributed by atoms with Gasteiger partial charge in [0.15, 0.2) is 0 Å². The zero-order valence-corrected chi connectivity index (χ0v) is 12.9. The molecule has 0 saturated heterocycles. The number of unbranched alkanes of at least 4 members (excludes halogenated alkanes) is 4. The van der Waals surface area contributed by atoms with Crippen molar-refractivity contribution in [3.05, 3.63) is 35.9 Å². The van der Waals surface area contributed by atoms with Gasteiger partial charge in [-0.25, -0.2) is 0 Å². The lowest BCUT2D eigenvalue weighted by molar-refractivity contribution is 0.587. The van der Waals surface area contributed by atoms with Gasteiger partial charge in [-0.2, -0.15) is 0 Å². The van der Waals surface area contributed by atoms with Crippen LogP contribution in [0.4, 0.5) is 0 Å². The lowest BCUT2D eigenvalue weighted by atomic mass is 10.1. The summed E-state index contributed by atoms with van der Waals surface area (Å²) < 4.78 is 0. The highest BCUT2D eigenvalue weighted by atomic mass is 14.4. The number of aryl methyl sites for hydroxylation is 1. The van der Waals surface area contributed by atoms with Crippen LogP contribution in [-0.2, 0) is 6.42 Å². The van der Waals surface area contributed by atoms with Crippen LogP contribution in [0.1, 0.15) is 63.9 Å². The van der Waals surface area contributed by atoms with Crippen molar-refractivity contribution >= 4 is 0 Å². The fourth-order valence-corrected chi connectivity index (χ4v) is 2.81. The molecule has 0 heterocycles. The highest BCUT2D eigenvalue weighted by Crippen LogP contribution is 2.41. The summed E-state index contributed by atoms with van der Waals surface area (Å²) in [6, 6.07) is 10.7. The standard InChI is InChI=1S/C20H28/c1-2-3-4-10-15-19-17-20(19)16-11-6-9-14-18-12-7-5-8-13-18/h5,7-8,12-13,19-20H,2-4,6,9-10,14-15,17H2,1H3. The second-order valence-electron chi connectivity index (χ2n) is 6.11. The molecule has 1 aromatic rings. The van der Waals surface area contributed by atoms with E-state index >= 15 is 0 Å². The fourth-order valence-electron chi connectivity index (χ4n) is 2.81. The first-order chi connectivity index (χ1) is 9.90. The van der Waals surface area contributed by atoms with Crippen LogP contribution in [0.5, 0.6) is 0 Å². The SMILES string of the molecule is CCCCCCC1CC1C#CCCCc1ccccc1. The number of rotatable bonds is 8. The molecule has 0 nitrogen and oxygen atoms in total. The number of hydrogen-bond acceptors (Lipinski definition) is 0. The third kappa shape index (κ3) is 5.83. The molecule has 2 atom stereocenters. The fraction of sp³-hybridized carbons (Fsp3) is 0.600. The van der Waals surface area contributed by atoms with Crippen molar-refractivity contribution in [2.45, 2.75) is 64.7 Å². The molecule has 108 valence electrons. The minimum absolute atomic E-state index is 0.744. The molecule has 0 radical (unpaired) electrons. The molecule has 2 rings (SSSR count). The highest BCUT2D eigenvalue weighted by Gasteiger charge is 2.34. The lowest BCUT2D eigenvalue weighted by Crippen LogP contribution is -1.84. The summed E-state index contributed by atoms with van der Waals surface area (Å²) in [6.45, 7) is 2.28. The molecule has 0 amide bonds. The maximum Gasteiger partial charge on any atom is 0.0234 e. The van der Waals surface area contributed by atoms with Gasteiger partial charge in [0.05, 0.1) is 0 Å². The zero-order valence-electron chi connectivity index (χ0n) is 12.9. The predicted octanol–water partition coefficient (Wildman–Crippen LogP) is 5.62. The Morgan fingerprint density at radius 3 is 2.70 bits per heavy atom. The third-order valence-corrected chi connectivity index (χ3v) is 4.25. The summed E-state index contributed by atoms with van der Waals surface area (Å²) in [4.78, 5) is 0. The van der Waals surface area contributed by atoms with Crippen LogP contribution in [0.25, 0.3) is 0 Å². The molecule has 0 spiro atoms. The van der Waals surface area contributed by atoms with Crippen LogP contribution < -0.4 is 0 Å². The molecule has 0 aromatic heterocycles. The molecule has 1 aromatic carbocycles.